The maximum Gasteiger partial charge on any atom is 0.394 e. The van der Waals surface area contributed by atoms with Gasteiger partial charge in [0, 0.05) is 13.8 Å². The van der Waals surface area contributed by atoms with Gasteiger partial charge in [0.25, 0.3) is 0 Å². The predicted molar refractivity (Wildman–Crippen MR) is 63.2 cm³/mol. The van der Waals surface area contributed by atoms with Crippen LogP contribution in [0.2, 0.25) is 25.7 Å². The first-order chi connectivity index (χ1) is 5.92. The molecule has 3 N–H and O–H groups in total. The summed E-state index contributed by atoms with van der Waals surface area (Å²) >= 11 is 0. The average Bonchev–Trinajstić information content (AvgIpc) is 1.77. The second-order valence-corrected chi connectivity index (χ2v) is 12.3. The van der Waals surface area contributed by atoms with Gasteiger partial charge in [0.15, 0.2) is 0 Å². The second-order valence-electron chi connectivity index (χ2n) is 4.10. The van der Waals surface area contributed by atoms with Crippen LogP contribution in [0.5, 0.6) is 0 Å². The normalized spacial score (nSPS) is 14.1. The highest BCUT2D eigenvalue weighted by molar-refractivity contribution is 7.85. The molecule has 0 saturated heterocycles. The Labute approximate surface area is 89.4 Å². The third-order valence-corrected chi connectivity index (χ3v) is 4.09. The van der Waals surface area contributed by atoms with E-state index in [-0.39, 0.29) is 10.7 Å². The molecule has 0 heterocycles. The highest BCUT2D eigenvalue weighted by Crippen LogP contribution is 2.07. The van der Waals surface area contributed by atoms with Crippen molar-refractivity contribution in [2.24, 2.45) is 0 Å². The Bertz CT molecular complexity index is 262. The van der Waals surface area contributed by atoms with E-state index in [1.165, 1.54) is 6.04 Å². The number of nitrogens with one attached hydrogen (secondary N) is 1. The predicted octanol–water partition coefficient (Wildman–Crippen LogP) is 1.68. The summed E-state index contributed by atoms with van der Waals surface area (Å²) in [5.74, 6) is 1.12. The zero-order valence-electron chi connectivity index (χ0n) is 8.94. The molecule has 0 radical (unpaired) electrons. The minimum absolute atomic E-state index is 0.0773. The van der Waals surface area contributed by atoms with Gasteiger partial charge in [0.1, 0.15) is 0 Å². The third kappa shape index (κ3) is 39.7. The highest BCUT2D eigenvalue weighted by atomic mass is 32.3. The van der Waals surface area contributed by atoms with Crippen LogP contribution in [0.3, 0.4) is 0 Å². The molecule has 0 amide bonds. The van der Waals surface area contributed by atoms with Crippen molar-refractivity contribution < 1.29 is 17.5 Å². The third-order valence-electron chi connectivity index (χ3n) is 1.16. The topological polar surface area (TPSA) is 98.5 Å². The van der Waals surface area contributed by atoms with Crippen LogP contribution < -0.4 is 0 Å². The van der Waals surface area contributed by atoms with Crippen LogP contribution in [0.1, 0.15) is 0 Å². The Hall–Kier alpha value is 0.237. The van der Waals surface area contributed by atoms with Gasteiger partial charge in [-0.2, -0.15) is 8.42 Å². The maximum absolute atomic E-state index is 8.74. The summed E-state index contributed by atoms with van der Waals surface area (Å²) in [4.78, 5) is 0. The first-order valence-corrected chi connectivity index (χ1v) is 10.9. The molecule has 0 saturated carbocycles. The van der Waals surface area contributed by atoms with E-state index in [0.717, 1.165) is 5.75 Å². The summed E-state index contributed by atoms with van der Waals surface area (Å²) in [6, 6.07) is 1.32. The molecule has 0 rings (SSSR count). The summed E-state index contributed by atoms with van der Waals surface area (Å²) in [6.07, 6.45) is 2.00. The van der Waals surface area contributed by atoms with Crippen molar-refractivity contribution >= 4 is 29.2 Å². The summed E-state index contributed by atoms with van der Waals surface area (Å²) in [5, 5.41) is 0. The highest BCUT2D eigenvalue weighted by Gasteiger charge is 2.11. The van der Waals surface area contributed by atoms with Crippen LogP contribution in [0, 0.1) is 4.78 Å². The Morgan fingerprint density at radius 3 is 1.64 bits per heavy atom. The van der Waals surface area contributed by atoms with E-state index in [4.69, 9.17) is 22.3 Å². The molecule has 0 fully saturated rings. The average molecular weight is 261 g/mol. The largest absolute Gasteiger partial charge is 0.394 e. The van der Waals surface area contributed by atoms with Gasteiger partial charge in [-0.1, -0.05) is 19.6 Å². The lowest BCUT2D eigenvalue weighted by atomic mass is 11.0. The SMILES string of the molecule is CS(=N)CC[Si](C)(C)C.O=S(=O)(O)O. The van der Waals surface area contributed by atoms with Crippen molar-refractivity contribution in [3.05, 3.63) is 0 Å². The van der Waals surface area contributed by atoms with Gasteiger partial charge in [0.05, 0.1) is 0 Å². The molecule has 0 bridgehead atoms. The van der Waals surface area contributed by atoms with Crippen molar-refractivity contribution in [1.29, 1.82) is 4.78 Å². The lowest BCUT2D eigenvalue weighted by Crippen LogP contribution is -2.21. The maximum atomic E-state index is 8.74. The van der Waals surface area contributed by atoms with Gasteiger partial charge in [-0.15, -0.1) is 10.7 Å². The van der Waals surface area contributed by atoms with Gasteiger partial charge < -0.3 is 0 Å². The van der Waals surface area contributed by atoms with Crippen molar-refractivity contribution in [1.82, 2.24) is 0 Å². The minimum Gasteiger partial charge on any atom is -0.281 e. The van der Waals surface area contributed by atoms with Crippen molar-refractivity contribution in [2.45, 2.75) is 25.7 Å². The quantitative estimate of drug-likeness (QED) is 0.531. The first-order valence-electron chi connectivity index (χ1n) is 3.95. The van der Waals surface area contributed by atoms with Gasteiger partial charge in [-0.25, -0.2) is 0 Å². The van der Waals surface area contributed by atoms with Crippen LogP contribution in [0.15, 0.2) is 0 Å². The first kappa shape index (κ1) is 16.7. The van der Waals surface area contributed by atoms with E-state index < -0.39 is 18.5 Å². The van der Waals surface area contributed by atoms with Crippen LogP contribution in [0.25, 0.3) is 0 Å². The molecule has 0 aromatic rings. The number of hydrogen-bond donors (Lipinski definition) is 3. The van der Waals surface area contributed by atoms with Crippen molar-refractivity contribution in [2.75, 3.05) is 12.0 Å². The Balaban J connectivity index is 0. The number of hydrogen-bond acceptors (Lipinski definition) is 3. The molecule has 14 heavy (non-hydrogen) atoms. The molecule has 0 aliphatic rings. The Kier molecular flexibility index (Phi) is 7.94. The molecule has 88 valence electrons. The molecule has 5 nitrogen and oxygen atoms in total. The van der Waals surface area contributed by atoms with Gasteiger partial charge in [-0.3, -0.25) is 13.9 Å². The zero-order chi connectivity index (χ0) is 12.0. The fourth-order valence-corrected chi connectivity index (χ4v) is 4.13. The fraction of sp³-hybridized carbons (Fsp3) is 1.00. The van der Waals surface area contributed by atoms with Crippen molar-refractivity contribution in [3.63, 3.8) is 0 Å². The molecular formula is C6H19NO4S2Si. The van der Waals surface area contributed by atoms with Crippen LogP contribution in [-0.2, 0) is 21.1 Å². The molecule has 0 spiro atoms. The molecule has 8 heteroatoms. The van der Waals surface area contributed by atoms with Crippen molar-refractivity contribution in [3.8, 4) is 0 Å². The van der Waals surface area contributed by atoms with Crippen LogP contribution in [-0.4, -0.2) is 37.6 Å². The summed E-state index contributed by atoms with van der Waals surface area (Å²) in [5.41, 5.74) is 0. The van der Waals surface area contributed by atoms with Crippen LogP contribution >= 0.6 is 0 Å². The van der Waals surface area contributed by atoms with E-state index in [1.807, 2.05) is 6.26 Å². The molecule has 0 aliphatic heterocycles. The molecule has 0 aromatic carbocycles. The lowest BCUT2D eigenvalue weighted by Gasteiger charge is -2.14. The fourth-order valence-electron chi connectivity index (χ4n) is 0.459. The van der Waals surface area contributed by atoms with E-state index in [9.17, 15) is 0 Å². The second kappa shape index (κ2) is 6.67. The molecule has 1 atom stereocenters. The minimum atomic E-state index is -4.67. The van der Waals surface area contributed by atoms with Crippen LogP contribution in [0.4, 0.5) is 0 Å². The Morgan fingerprint density at radius 1 is 1.29 bits per heavy atom. The zero-order valence-corrected chi connectivity index (χ0v) is 11.6. The Morgan fingerprint density at radius 2 is 1.57 bits per heavy atom. The summed E-state index contributed by atoms with van der Waals surface area (Å²) in [7, 11) is -5.58. The van der Waals surface area contributed by atoms with Gasteiger partial charge in [-0.05, 0) is 12.3 Å². The number of rotatable bonds is 3. The monoisotopic (exact) mass is 261 g/mol. The molecule has 1 unspecified atom stereocenters. The standard InChI is InChI=1S/C6H17NSSi.H2O4S/c1-8(7)5-6-9(2,3)4;1-5(2,3)4/h7H,5-6H2,1-4H3;(H2,1,2,3,4). The molecule has 0 aromatic heterocycles. The summed E-state index contributed by atoms with van der Waals surface area (Å²) in [6.45, 7) is 7.08. The van der Waals surface area contributed by atoms with E-state index in [0.29, 0.717) is 0 Å². The molecule has 0 aliphatic carbocycles. The van der Waals surface area contributed by atoms with E-state index in [2.05, 4.69) is 19.6 Å². The van der Waals surface area contributed by atoms with E-state index in [1.54, 1.807) is 0 Å². The van der Waals surface area contributed by atoms with Gasteiger partial charge >= 0.3 is 10.4 Å². The summed E-state index contributed by atoms with van der Waals surface area (Å²) < 4.78 is 38.9. The lowest BCUT2D eigenvalue weighted by molar-refractivity contribution is 0.381. The van der Waals surface area contributed by atoms with E-state index >= 15 is 0 Å². The smallest absolute Gasteiger partial charge is 0.281 e. The molecular weight excluding hydrogens is 242 g/mol. The van der Waals surface area contributed by atoms with Gasteiger partial charge in [0.2, 0.25) is 0 Å².